The van der Waals surface area contributed by atoms with E-state index in [0.29, 0.717) is 16.9 Å². The molecule has 7 heteroatoms. The van der Waals surface area contributed by atoms with Crippen LogP contribution in [0.1, 0.15) is 10.4 Å². The van der Waals surface area contributed by atoms with E-state index in [4.69, 9.17) is 9.72 Å². The Balaban J connectivity index is 1.47. The van der Waals surface area contributed by atoms with Crippen molar-refractivity contribution in [1.82, 2.24) is 9.97 Å². The van der Waals surface area contributed by atoms with Gasteiger partial charge in [-0.1, -0.05) is 24.3 Å². The number of thiazole rings is 1. The van der Waals surface area contributed by atoms with Gasteiger partial charge in [-0.2, -0.15) is 0 Å². The number of amides is 1. The lowest BCUT2D eigenvalue weighted by molar-refractivity contribution is 0.102. The summed E-state index contributed by atoms with van der Waals surface area (Å²) in [6, 6.07) is 19.5. The maximum Gasteiger partial charge on any atom is 0.259 e. The third-order valence-corrected chi connectivity index (χ3v) is 6.11. The van der Waals surface area contributed by atoms with Crippen molar-refractivity contribution >= 4 is 39.0 Å². The van der Waals surface area contributed by atoms with Crippen LogP contribution >= 0.6 is 11.3 Å². The van der Waals surface area contributed by atoms with Crippen molar-refractivity contribution in [2.24, 2.45) is 0 Å². The SMILES string of the molecule is O=C(Nc1ccccn1)c1cccc2sc(-c3cccc(N4CCOCC4)c3)nc12. The molecule has 1 fully saturated rings. The Morgan fingerprint density at radius 3 is 2.73 bits per heavy atom. The van der Waals surface area contributed by atoms with Crippen LogP contribution in [-0.4, -0.2) is 42.2 Å². The molecule has 0 saturated carbocycles. The second kappa shape index (κ2) is 8.22. The number of hydrogen-bond donors (Lipinski definition) is 1. The average molecular weight is 417 g/mol. The number of anilines is 2. The Bertz CT molecular complexity index is 1190. The molecule has 1 amide bonds. The molecule has 1 saturated heterocycles. The van der Waals surface area contributed by atoms with Crippen molar-refractivity contribution in [1.29, 1.82) is 0 Å². The molecule has 3 heterocycles. The van der Waals surface area contributed by atoms with Crippen LogP contribution in [-0.2, 0) is 4.74 Å². The van der Waals surface area contributed by atoms with E-state index in [9.17, 15) is 4.79 Å². The van der Waals surface area contributed by atoms with Gasteiger partial charge < -0.3 is 15.0 Å². The van der Waals surface area contributed by atoms with Gasteiger partial charge in [0.1, 0.15) is 10.8 Å². The molecule has 6 nitrogen and oxygen atoms in total. The van der Waals surface area contributed by atoms with E-state index in [0.717, 1.165) is 41.6 Å². The quantitative estimate of drug-likeness (QED) is 0.532. The van der Waals surface area contributed by atoms with Gasteiger partial charge in [0, 0.05) is 30.5 Å². The van der Waals surface area contributed by atoms with Crippen molar-refractivity contribution < 1.29 is 9.53 Å². The van der Waals surface area contributed by atoms with Crippen LogP contribution in [0.5, 0.6) is 0 Å². The van der Waals surface area contributed by atoms with Gasteiger partial charge in [-0.05, 0) is 36.4 Å². The smallest absolute Gasteiger partial charge is 0.259 e. The second-order valence-electron chi connectivity index (χ2n) is 6.99. The van der Waals surface area contributed by atoms with Crippen LogP contribution in [0.2, 0.25) is 0 Å². The minimum atomic E-state index is -0.210. The Morgan fingerprint density at radius 2 is 1.90 bits per heavy atom. The lowest BCUT2D eigenvalue weighted by Crippen LogP contribution is -2.36. The fourth-order valence-electron chi connectivity index (χ4n) is 3.53. The Morgan fingerprint density at radius 1 is 1.03 bits per heavy atom. The number of morpholine rings is 1. The zero-order valence-corrected chi connectivity index (χ0v) is 17.1. The van der Waals surface area contributed by atoms with E-state index >= 15 is 0 Å². The number of nitrogens with one attached hydrogen (secondary N) is 1. The number of benzene rings is 2. The lowest BCUT2D eigenvalue weighted by atomic mass is 10.1. The molecular formula is C23H20N4O2S. The van der Waals surface area contributed by atoms with Gasteiger partial charge in [0.05, 0.1) is 29.0 Å². The van der Waals surface area contributed by atoms with Gasteiger partial charge in [-0.15, -0.1) is 11.3 Å². The topological polar surface area (TPSA) is 67.4 Å². The predicted octanol–water partition coefficient (Wildman–Crippen LogP) is 4.45. The van der Waals surface area contributed by atoms with E-state index in [2.05, 4.69) is 39.5 Å². The van der Waals surface area contributed by atoms with E-state index in [-0.39, 0.29) is 5.91 Å². The monoisotopic (exact) mass is 416 g/mol. The van der Waals surface area contributed by atoms with Gasteiger partial charge in [-0.3, -0.25) is 4.79 Å². The van der Waals surface area contributed by atoms with Crippen LogP contribution in [0.15, 0.2) is 66.9 Å². The molecule has 1 N–H and O–H groups in total. The Kier molecular flexibility index (Phi) is 5.13. The second-order valence-corrected chi connectivity index (χ2v) is 8.02. The van der Waals surface area contributed by atoms with E-state index < -0.39 is 0 Å². The number of carbonyl (C=O) groups is 1. The zero-order valence-electron chi connectivity index (χ0n) is 16.2. The normalized spacial score (nSPS) is 14.1. The fourth-order valence-corrected chi connectivity index (χ4v) is 4.52. The van der Waals surface area contributed by atoms with E-state index in [1.165, 1.54) is 5.69 Å². The summed E-state index contributed by atoms with van der Waals surface area (Å²) in [6.45, 7) is 3.28. The first-order valence-corrected chi connectivity index (χ1v) is 10.6. The predicted molar refractivity (Wildman–Crippen MR) is 120 cm³/mol. The highest BCUT2D eigenvalue weighted by Crippen LogP contribution is 2.33. The summed E-state index contributed by atoms with van der Waals surface area (Å²) in [5.74, 6) is 0.311. The number of nitrogens with zero attached hydrogens (tertiary/aromatic N) is 3. The van der Waals surface area contributed by atoms with Gasteiger partial charge >= 0.3 is 0 Å². The number of ether oxygens (including phenoxy) is 1. The number of pyridine rings is 1. The molecule has 0 unspecified atom stereocenters. The standard InChI is InChI=1S/C23H20N4O2S/c28-22(25-20-9-1-2-10-24-20)18-7-4-8-19-21(18)26-23(30-19)16-5-3-6-17(15-16)27-11-13-29-14-12-27/h1-10,15H,11-14H2,(H,24,25,28). The molecule has 2 aromatic carbocycles. The molecule has 1 aliphatic rings. The molecule has 4 aromatic rings. The number of hydrogen-bond acceptors (Lipinski definition) is 6. The molecule has 2 aromatic heterocycles. The van der Waals surface area contributed by atoms with E-state index in [1.54, 1.807) is 29.7 Å². The summed E-state index contributed by atoms with van der Waals surface area (Å²) in [7, 11) is 0. The molecule has 0 atom stereocenters. The molecule has 30 heavy (non-hydrogen) atoms. The van der Waals surface area contributed by atoms with Crippen molar-refractivity contribution in [3.8, 4) is 10.6 Å². The van der Waals surface area contributed by atoms with Crippen molar-refractivity contribution in [2.45, 2.75) is 0 Å². The van der Waals surface area contributed by atoms with Crippen molar-refractivity contribution in [2.75, 3.05) is 36.5 Å². The molecule has 0 spiro atoms. The average Bonchev–Trinajstić information content (AvgIpc) is 3.25. The molecule has 1 aliphatic heterocycles. The number of carbonyl (C=O) groups excluding carboxylic acids is 1. The molecule has 0 radical (unpaired) electrons. The summed E-state index contributed by atoms with van der Waals surface area (Å²) >= 11 is 1.59. The minimum absolute atomic E-state index is 0.210. The van der Waals surface area contributed by atoms with Crippen molar-refractivity contribution in [3.63, 3.8) is 0 Å². The molecule has 150 valence electrons. The maximum absolute atomic E-state index is 12.8. The number of rotatable bonds is 4. The fraction of sp³-hybridized carbons (Fsp3) is 0.174. The Hall–Kier alpha value is -3.29. The summed E-state index contributed by atoms with van der Waals surface area (Å²) in [5, 5.41) is 3.75. The van der Waals surface area contributed by atoms with Gasteiger partial charge in [0.15, 0.2) is 0 Å². The van der Waals surface area contributed by atoms with Crippen LogP contribution in [0.3, 0.4) is 0 Å². The van der Waals surface area contributed by atoms with Crippen molar-refractivity contribution in [3.05, 3.63) is 72.4 Å². The largest absolute Gasteiger partial charge is 0.378 e. The van der Waals surface area contributed by atoms with Crippen LogP contribution in [0.25, 0.3) is 20.8 Å². The summed E-state index contributed by atoms with van der Waals surface area (Å²) in [5.41, 5.74) is 3.48. The first kappa shape index (κ1) is 18.7. The first-order chi connectivity index (χ1) is 14.8. The molecule has 5 rings (SSSR count). The molecule has 0 aliphatic carbocycles. The highest BCUT2D eigenvalue weighted by Gasteiger charge is 2.17. The number of aromatic nitrogens is 2. The first-order valence-electron chi connectivity index (χ1n) is 9.83. The third-order valence-electron chi connectivity index (χ3n) is 5.04. The van der Waals surface area contributed by atoms with Crippen LogP contribution < -0.4 is 10.2 Å². The summed E-state index contributed by atoms with van der Waals surface area (Å²) < 4.78 is 6.44. The highest BCUT2D eigenvalue weighted by molar-refractivity contribution is 7.21. The number of fused-ring (bicyclic) bond motifs is 1. The summed E-state index contributed by atoms with van der Waals surface area (Å²) in [4.78, 5) is 24.1. The summed E-state index contributed by atoms with van der Waals surface area (Å²) in [6.07, 6.45) is 1.65. The zero-order chi connectivity index (χ0) is 20.3. The van der Waals surface area contributed by atoms with E-state index in [1.807, 2.05) is 24.3 Å². The Labute approximate surface area is 178 Å². The number of para-hydroxylation sites is 1. The van der Waals surface area contributed by atoms with Crippen LogP contribution in [0.4, 0.5) is 11.5 Å². The molecule has 0 bridgehead atoms. The van der Waals surface area contributed by atoms with Gasteiger partial charge in [-0.25, -0.2) is 9.97 Å². The van der Waals surface area contributed by atoms with Gasteiger partial charge in [0.2, 0.25) is 0 Å². The third kappa shape index (κ3) is 3.77. The van der Waals surface area contributed by atoms with Crippen LogP contribution in [0, 0.1) is 0 Å². The lowest BCUT2D eigenvalue weighted by Gasteiger charge is -2.29. The minimum Gasteiger partial charge on any atom is -0.378 e. The molecular weight excluding hydrogens is 396 g/mol. The van der Waals surface area contributed by atoms with Gasteiger partial charge in [0.25, 0.3) is 5.91 Å². The highest BCUT2D eigenvalue weighted by atomic mass is 32.1. The maximum atomic E-state index is 12.8.